The molecule has 0 unspecified atom stereocenters. The summed E-state index contributed by atoms with van der Waals surface area (Å²) in [5.74, 6) is -2.18. The van der Waals surface area contributed by atoms with Crippen molar-refractivity contribution < 1.29 is 29.3 Å². The maximum absolute atomic E-state index is 11.4. The quantitative estimate of drug-likeness (QED) is 0.456. The Kier molecular flexibility index (Phi) is 5.64. The van der Waals surface area contributed by atoms with E-state index in [1.165, 1.54) is 24.3 Å². The first-order chi connectivity index (χ1) is 9.81. The highest BCUT2D eigenvalue weighted by Gasteiger charge is 2.15. The molecule has 21 heavy (non-hydrogen) atoms. The van der Waals surface area contributed by atoms with Crippen LogP contribution in [0.25, 0.3) is 0 Å². The molecule has 1 aromatic rings. The number of hydrogen-bond donors (Lipinski definition) is 5. The number of aliphatic hydroxyl groups is 1. The van der Waals surface area contributed by atoms with E-state index in [0.717, 1.165) is 0 Å². The number of nitrogens with one attached hydrogen (secondary N) is 1. The third-order valence-electron chi connectivity index (χ3n) is 2.45. The van der Waals surface area contributed by atoms with Gasteiger partial charge in [0.15, 0.2) is 6.10 Å². The smallest absolute Gasteiger partial charge is 0.411 e. The number of aliphatic carboxylic acids is 1. The maximum atomic E-state index is 11.4. The fraction of sp³-hybridized carbons (Fsp3) is 0.250. The second-order valence-corrected chi connectivity index (χ2v) is 4.10. The Labute approximate surface area is 119 Å². The van der Waals surface area contributed by atoms with E-state index in [2.05, 4.69) is 10.1 Å². The van der Waals surface area contributed by atoms with Crippen LogP contribution in [0.15, 0.2) is 24.3 Å². The van der Waals surface area contributed by atoms with Crippen LogP contribution >= 0.6 is 0 Å². The van der Waals surface area contributed by atoms with Gasteiger partial charge in [-0.05, 0) is 17.7 Å². The normalized spacial score (nSPS) is 13.0. The third-order valence-corrected chi connectivity index (χ3v) is 2.45. The summed E-state index contributed by atoms with van der Waals surface area (Å²) in [6.45, 7) is -0.473. The molecule has 1 aromatic carbocycles. The number of aliphatic hydroxyl groups excluding tert-OH is 1. The van der Waals surface area contributed by atoms with Crippen LogP contribution in [0.2, 0.25) is 0 Å². The number of benzene rings is 1. The van der Waals surface area contributed by atoms with E-state index < -0.39 is 36.7 Å². The summed E-state index contributed by atoms with van der Waals surface area (Å²) in [6, 6.07) is 4.32. The number of nitrogens with two attached hydrogens (primary N) is 2. The lowest BCUT2D eigenvalue weighted by Gasteiger charge is -2.10. The molecular formula is C12H15N3O6. The van der Waals surface area contributed by atoms with Gasteiger partial charge < -0.3 is 26.4 Å². The molecule has 0 spiro atoms. The van der Waals surface area contributed by atoms with Crippen molar-refractivity contribution in [2.24, 2.45) is 11.5 Å². The van der Waals surface area contributed by atoms with Gasteiger partial charge in [-0.2, -0.15) is 0 Å². The van der Waals surface area contributed by atoms with Crippen LogP contribution in [-0.2, 0) is 14.3 Å². The van der Waals surface area contributed by atoms with E-state index in [1.54, 1.807) is 0 Å². The zero-order valence-corrected chi connectivity index (χ0v) is 10.9. The number of ether oxygens (including phenoxy) is 1. The number of hydrogen-bond acceptors (Lipinski definition) is 6. The molecule has 0 radical (unpaired) electrons. The monoisotopic (exact) mass is 297 g/mol. The van der Waals surface area contributed by atoms with Gasteiger partial charge in [-0.3, -0.25) is 14.9 Å². The zero-order chi connectivity index (χ0) is 16.0. The molecule has 0 aromatic heterocycles. The van der Waals surface area contributed by atoms with Gasteiger partial charge in [-0.1, -0.05) is 12.1 Å². The predicted octanol–water partition coefficient (Wildman–Crippen LogP) is -0.834. The minimum atomic E-state index is -1.43. The lowest BCUT2D eigenvalue weighted by Crippen LogP contribution is -2.36. The summed E-state index contributed by atoms with van der Waals surface area (Å²) in [5.41, 5.74) is 10.7. The van der Waals surface area contributed by atoms with Crippen LogP contribution < -0.4 is 16.8 Å². The number of rotatable bonds is 6. The largest absolute Gasteiger partial charge is 0.480 e. The standard InChI is InChI=1S/C12H15N3O6/c13-8(11(18)19)5-21-12(20)15-7-3-1-6(2-4-7)9(16)10(14)17/h1-4,8-9,16H,5,13H2,(H2,14,17)(H,15,20)(H,18,19)/t8-,9-/m1/s1. The number of amides is 2. The molecule has 0 heterocycles. The molecule has 7 N–H and O–H groups in total. The third kappa shape index (κ3) is 5.09. The summed E-state index contributed by atoms with van der Waals surface area (Å²) >= 11 is 0. The first-order valence-corrected chi connectivity index (χ1v) is 5.80. The van der Waals surface area contributed by atoms with Gasteiger partial charge in [0.2, 0.25) is 0 Å². The first kappa shape index (κ1) is 16.4. The summed E-state index contributed by atoms with van der Waals surface area (Å²) in [7, 11) is 0. The van der Waals surface area contributed by atoms with E-state index in [-0.39, 0.29) is 5.56 Å². The molecule has 0 saturated carbocycles. The predicted molar refractivity (Wildman–Crippen MR) is 71.2 cm³/mol. The second-order valence-electron chi connectivity index (χ2n) is 4.10. The van der Waals surface area contributed by atoms with Crippen molar-refractivity contribution in [2.45, 2.75) is 12.1 Å². The van der Waals surface area contributed by atoms with Crippen LogP contribution in [0.1, 0.15) is 11.7 Å². The van der Waals surface area contributed by atoms with Gasteiger partial charge in [-0.15, -0.1) is 0 Å². The Balaban J connectivity index is 2.54. The fourth-order valence-corrected chi connectivity index (χ4v) is 1.30. The van der Waals surface area contributed by atoms with Gasteiger partial charge in [0.25, 0.3) is 5.91 Å². The molecule has 0 aliphatic rings. The zero-order valence-electron chi connectivity index (χ0n) is 10.9. The van der Waals surface area contributed by atoms with Gasteiger partial charge in [0.05, 0.1) is 0 Å². The summed E-state index contributed by atoms with van der Waals surface area (Å²) in [4.78, 5) is 32.6. The molecule has 0 saturated heterocycles. The van der Waals surface area contributed by atoms with Crippen LogP contribution in [0.3, 0.4) is 0 Å². The fourth-order valence-electron chi connectivity index (χ4n) is 1.30. The van der Waals surface area contributed by atoms with E-state index >= 15 is 0 Å². The number of primary amides is 1. The SMILES string of the molecule is NC(=O)[C@H](O)c1ccc(NC(=O)OC[C@@H](N)C(=O)O)cc1. The molecule has 2 amide bonds. The molecule has 114 valence electrons. The van der Waals surface area contributed by atoms with Gasteiger partial charge in [0.1, 0.15) is 12.6 Å². The first-order valence-electron chi connectivity index (χ1n) is 5.80. The van der Waals surface area contributed by atoms with E-state index in [1.807, 2.05) is 0 Å². The Morgan fingerprint density at radius 1 is 1.24 bits per heavy atom. The maximum Gasteiger partial charge on any atom is 0.411 e. The van der Waals surface area contributed by atoms with Gasteiger partial charge in [0, 0.05) is 5.69 Å². The molecule has 9 heteroatoms. The summed E-state index contributed by atoms with van der Waals surface area (Å²) < 4.78 is 4.61. The number of carbonyl (C=O) groups excluding carboxylic acids is 2. The van der Waals surface area contributed by atoms with Crippen LogP contribution in [0.4, 0.5) is 10.5 Å². The number of carbonyl (C=O) groups is 3. The minimum Gasteiger partial charge on any atom is -0.480 e. The molecule has 0 bridgehead atoms. The van der Waals surface area contributed by atoms with Crippen molar-refractivity contribution in [3.63, 3.8) is 0 Å². The molecule has 0 aliphatic carbocycles. The Morgan fingerprint density at radius 2 is 1.81 bits per heavy atom. The van der Waals surface area contributed by atoms with Crippen molar-refractivity contribution in [2.75, 3.05) is 11.9 Å². The Hall–Kier alpha value is -2.65. The Bertz CT molecular complexity index is 530. The van der Waals surface area contributed by atoms with Crippen molar-refractivity contribution >= 4 is 23.7 Å². The summed E-state index contributed by atoms with van der Waals surface area (Å²) in [6.07, 6.45) is -2.31. The minimum absolute atomic E-state index is 0.273. The second kappa shape index (κ2) is 7.22. The molecule has 0 fully saturated rings. The average Bonchev–Trinajstić information content (AvgIpc) is 2.44. The molecule has 9 nitrogen and oxygen atoms in total. The number of carboxylic acids is 1. The number of carboxylic acid groups (broad SMARTS) is 1. The van der Waals surface area contributed by atoms with E-state index in [0.29, 0.717) is 5.69 Å². The van der Waals surface area contributed by atoms with Gasteiger partial charge >= 0.3 is 12.1 Å². The average molecular weight is 297 g/mol. The van der Waals surface area contributed by atoms with Crippen molar-refractivity contribution in [3.05, 3.63) is 29.8 Å². The molecule has 1 rings (SSSR count). The lowest BCUT2D eigenvalue weighted by atomic mass is 10.1. The lowest BCUT2D eigenvalue weighted by molar-refractivity contribution is -0.139. The highest BCUT2D eigenvalue weighted by Crippen LogP contribution is 2.16. The highest BCUT2D eigenvalue weighted by molar-refractivity contribution is 5.85. The van der Waals surface area contributed by atoms with E-state index in [9.17, 15) is 19.5 Å². The van der Waals surface area contributed by atoms with Crippen LogP contribution in [0.5, 0.6) is 0 Å². The molecular weight excluding hydrogens is 282 g/mol. The van der Waals surface area contributed by atoms with Crippen LogP contribution in [-0.4, -0.2) is 40.8 Å². The van der Waals surface area contributed by atoms with Crippen molar-refractivity contribution in [3.8, 4) is 0 Å². The van der Waals surface area contributed by atoms with Crippen molar-refractivity contribution in [1.82, 2.24) is 0 Å². The van der Waals surface area contributed by atoms with Gasteiger partial charge in [-0.25, -0.2) is 4.79 Å². The number of anilines is 1. The Morgan fingerprint density at radius 3 is 2.29 bits per heavy atom. The van der Waals surface area contributed by atoms with E-state index in [4.69, 9.17) is 16.6 Å². The summed E-state index contributed by atoms with van der Waals surface area (Å²) in [5, 5.41) is 20.2. The van der Waals surface area contributed by atoms with Crippen molar-refractivity contribution in [1.29, 1.82) is 0 Å². The topological polar surface area (TPSA) is 165 Å². The van der Waals surface area contributed by atoms with Crippen LogP contribution in [0, 0.1) is 0 Å². The molecule has 2 atom stereocenters. The highest BCUT2D eigenvalue weighted by atomic mass is 16.5. The molecule has 0 aliphatic heterocycles.